The number of carbonyl (C=O) groups is 1. The van der Waals surface area contributed by atoms with Crippen LogP contribution >= 0.6 is 0 Å². The number of rotatable bonds is 3. The summed E-state index contributed by atoms with van der Waals surface area (Å²) in [6, 6.07) is 6.25. The van der Waals surface area contributed by atoms with Crippen LogP contribution in [0.4, 0.5) is 0 Å². The van der Waals surface area contributed by atoms with Gasteiger partial charge < -0.3 is 14.4 Å². The molecule has 1 saturated heterocycles. The molecule has 1 aromatic heterocycles. The fourth-order valence-corrected chi connectivity index (χ4v) is 4.52. The van der Waals surface area contributed by atoms with Crippen molar-refractivity contribution in [1.82, 2.24) is 4.90 Å². The first kappa shape index (κ1) is 15.7. The number of benzene rings is 1. The van der Waals surface area contributed by atoms with Crippen molar-refractivity contribution in [2.75, 3.05) is 6.54 Å². The third-order valence-electron chi connectivity index (χ3n) is 5.86. The van der Waals surface area contributed by atoms with Crippen molar-refractivity contribution in [3.63, 3.8) is 0 Å². The molecule has 1 aromatic carbocycles. The van der Waals surface area contributed by atoms with E-state index < -0.39 is 0 Å². The molecule has 128 valence electrons. The molecule has 2 aliphatic rings. The second kappa shape index (κ2) is 6.25. The number of nitrogens with zero attached hydrogens (tertiary/aromatic N) is 1. The summed E-state index contributed by atoms with van der Waals surface area (Å²) in [5, 5.41) is 11.2. The third kappa shape index (κ3) is 2.53. The molecule has 4 heteroatoms. The predicted molar refractivity (Wildman–Crippen MR) is 93.0 cm³/mol. The van der Waals surface area contributed by atoms with Gasteiger partial charge in [-0.3, -0.25) is 4.79 Å². The summed E-state index contributed by atoms with van der Waals surface area (Å²) in [6.45, 7) is 2.90. The topological polar surface area (TPSA) is 53.7 Å². The number of aryl methyl sites for hydroxylation is 1. The van der Waals surface area contributed by atoms with Crippen LogP contribution in [0.3, 0.4) is 0 Å². The lowest BCUT2D eigenvalue weighted by Crippen LogP contribution is -2.42. The summed E-state index contributed by atoms with van der Waals surface area (Å²) >= 11 is 0. The number of aliphatic hydroxyl groups is 1. The molecule has 4 nitrogen and oxygen atoms in total. The molecule has 1 aliphatic carbocycles. The summed E-state index contributed by atoms with van der Waals surface area (Å²) in [4.78, 5) is 15.2. The Morgan fingerprint density at radius 1 is 1.29 bits per heavy atom. The maximum atomic E-state index is 13.2. The van der Waals surface area contributed by atoms with E-state index in [9.17, 15) is 9.90 Å². The van der Waals surface area contributed by atoms with Gasteiger partial charge in [-0.2, -0.15) is 0 Å². The van der Waals surface area contributed by atoms with Gasteiger partial charge >= 0.3 is 0 Å². The summed E-state index contributed by atoms with van der Waals surface area (Å²) in [6.07, 6.45) is 7.29. The van der Waals surface area contributed by atoms with Gasteiger partial charge in [-0.1, -0.05) is 19.4 Å². The minimum absolute atomic E-state index is 0.0589. The Hall–Kier alpha value is -1.81. The molecular formula is C20H25NO3. The van der Waals surface area contributed by atoms with E-state index in [1.165, 1.54) is 5.56 Å². The molecule has 3 atom stereocenters. The van der Waals surface area contributed by atoms with Crippen LogP contribution in [0.25, 0.3) is 11.0 Å². The van der Waals surface area contributed by atoms with Crippen LogP contribution in [0.15, 0.2) is 28.9 Å². The van der Waals surface area contributed by atoms with Crippen LogP contribution in [0.1, 0.15) is 54.9 Å². The molecule has 0 bridgehead atoms. The van der Waals surface area contributed by atoms with Gasteiger partial charge in [0.15, 0.2) is 0 Å². The maximum absolute atomic E-state index is 13.2. The Balaban J connectivity index is 1.65. The van der Waals surface area contributed by atoms with Gasteiger partial charge in [-0.15, -0.1) is 0 Å². The number of aliphatic hydroxyl groups excluding tert-OH is 1. The van der Waals surface area contributed by atoms with Gasteiger partial charge in [0.2, 0.25) is 0 Å². The molecule has 24 heavy (non-hydrogen) atoms. The first-order valence-corrected chi connectivity index (χ1v) is 9.18. The van der Waals surface area contributed by atoms with Crippen LogP contribution in [-0.2, 0) is 6.42 Å². The highest BCUT2D eigenvalue weighted by atomic mass is 16.3. The Morgan fingerprint density at radius 2 is 2.17 bits per heavy atom. The molecular weight excluding hydrogens is 302 g/mol. The Kier molecular flexibility index (Phi) is 4.09. The summed E-state index contributed by atoms with van der Waals surface area (Å²) in [7, 11) is 0. The zero-order valence-corrected chi connectivity index (χ0v) is 14.2. The van der Waals surface area contributed by atoms with Gasteiger partial charge in [0.1, 0.15) is 11.8 Å². The summed E-state index contributed by atoms with van der Waals surface area (Å²) in [5.41, 5.74) is 2.65. The second-order valence-corrected chi connectivity index (χ2v) is 7.20. The Labute approximate surface area is 142 Å². The quantitative estimate of drug-likeness (QED) is 0.934. The lowest BCUT2D eigenvalue weighted by Gasteiger charge is -2.31. The van der Waals surface area contributed by atoms with Crippen LogP contribution in [-0.4, -0.2) is 34.6 Å². The number of amides is 1. The second-order valence-electron chi connectivity index (χ2n) is 7.20. The van der Waals surface area contributed by atoms with E-state index in [4.69, 9.17) is 4.42 Å². The predicted octanol–water partition coefficient (Wildman–Crippen LogP) is 3.76. The molecule has 0 unspecified atom stereocenters. The maximum Gasteiger partial charge on any atom is 0.258 e. The van der Waals surface area contributed by atoms with E-state index in [1.54, 1.807) is 6.26 Å². The SMILES string of the molecule is CCc1ccc2occ(C(=O)N3CCC[C@@H]3[C@@H]3CCC[C@@H]3O)c2c1. The van der Waals surface area contributed by atoms with Crippen molar-refractivity contribution in [3.05, 3.63) is 35.6 Å². The minimum atomic E-state index is -0.254. The highest BCUT2D eigenvalue weighted by Crippen LogP contribution is 2.37. The van der Waals surface area contributed by atoms with E-state index in [0.717, 1.165) is 56.0 Å². The van der Waals surface area contributed by atoms with Crippen molar-refractivity contribution in [3.8, 4) is 0 Å². The highest BCUT2D eigenvalue weighted by Gasteiger charge is 2.40. The normalized spacial score (nSPS) is 27.2. The van der Waals surface area contributed by atoms with E-state index >= 15 is 0 Å². The van der Waals surface area contributed by atoms with Crippen LogP contribution in [0.5, 0.6) is 0 Å². The smallest absolute Gasteiger partial charge is 0.258 e. The Bertz CT molecular complexity index is 750. The molecule has 0 radical (unpaired) electrons. The van der Waals surface area contributed by atoms with E-state index in [-0.39, 0.29) is 24.0 Å². The number of hydrogen-bond acceptors (Lipinski definition) is 3. The van der Waals surface area contributed by atoms with E-state index in [2.05, 4.69) is 13.0 Å². The molecule has 1 saturated carbocycles. The molecule has 2 fully saturated rings. The lowest BCUT2D eigenvalue weighted by molar-refractivity contribution is 0.0528. The zero-order valence-electron chi connectivity index (χ0n) is 14.2. The van der Waals surface area contributed by atoms with Crippen LogP contribution in [0, 0.1) is 5.92 Å². The molecule has 1 N–H and O–H groups in total. The number of fused-ring (bicyclic) bond motifs is 1. The fraction of sp³-hybridized carbons (Fsp3) is 0.550. The van der Waals surface area contributed by atoms with Gasteiger partial charge in [-0.25, -0.2) is 0 Å². The third-order valence-corrected chi connectivity index (χ3v) is 5.86. The van der Waals surface area contributed by atoms with Gasteiger partial charge in [0, 0.05) is 23.9 Å². The van der Waals surface area contributed by atoms with Crippen LogP contribution in [0.2, 0.25) is 0 Å². The molecule has 1 amide bonds. The van der Waals surface area contributed by atoms with Gasteiger partial charge in [-0.05, 0) is 49.8 Å². The molecule has 1 aliphatic heterocycles. The molecule has 0 spiro atoms. The van der Waals surface area contributed by atoms with Crippen molar-refractivity contribution in [2.45, 2.75) is 57.6 Å². The molecule has 2 heterocycles. The monoisotopic (exact) mass is 327 g/mol. The Morgan fingerprint density at radius 3 is 2.92 bits per heavy atom. The zero-order chi connectivity index (χ0) is 16.7. The number of furan rings is 1. The number of carbonyl (C=O) groups excluding carboxylic acids is 1. The molecule has 2 aromatic rings. The van der Waals surface area contributed by atoms with Crippen molar-refractivity contribution in [2.24, 2.45) is 5.92 Å². The first-order valence-electron chi connectivity index (χ1n) is 9.18. The fourth-order valence-electron chi connectivity index (χ4n) is 4.52. The highest BCUT2D eigenvalue weighted by molar-refractivity contribution is 6.06. The summed E-state index contributed by atoms with van der Waals surface area (Å²) < 4.78 is 5.61. The van der Waals surface area contributed by atoms with Gasteiger partial charge in [0.25, 0.3) is 5.91 Å². The summed E-state index contributed by atoms with van der Waals surface area (Å²) in [5.74, 6) is 0.296. The van der Waals surface area contributed by atoms with Gasteiger partial charge in [0.05, 0.1) is 11.7 Å². The average molecular weight is 327 g/mol. The lowest BCUT2D eigenvalue weighted by atomic mass is 9.93. The van der Waals surface area contributed by atoms with E-state index in [0.29, 0.717) is 5.56 Å². The standard InChI is InChI=1S/C20H25NO3/c1-2-13-8-9-19-15(11-13)16(12-24-19)20(23)21-10-4-6-17(21)14-5-3-7-18(14)22/h8-9,11-12,14,17-18,22H,2-7,10H2,1H3/t14-,17+,18-/m0/s1. The van der Waals surface area contributed by atoms with Crippen molar-refractivity contribution >= 4 is 16.9 Å². The first-order chi connectivity index (χ1) is 11.7. The van der Waals surface area contributed by atoms with Crippen molar-refractivity contribution in [1.29, 1.82) is 0 Å². The van der Waals surface area contributed by atoms with Crippen LogP contribution < -0.4 is 0 Å². The minimum Gasteiger partial charge on any atom is -0.463 e. The molecule has 4 rings (SSSR count). The average Bonchev–Trinajstić information content (AvgIpc) is 3.32. The number of hydrogen-bond donors (Lipinski definition) is 1. The largest absolute Gasteiger partial charge is 0.463 e. The van der Waals surface area contributed by atoms with E-state index in [1.807, 2.05) is 17.0 Å². The number of likely N-dealkylation sites (tertiary alicyclic amines) is 1. The van der Waals surface area contributed by atoms with Crippen molar-refractivity contribution < 1.29 is 14.3 Å².